The number of benzene rings is 1. The molecule has 1 aliphatic heterocycles. The van der Waals surface area contributed by atoms with E-state index < -0.39 is 28.8 Å². The Hall–Kier alpha value is -3.14. The third-order valence-corrected chi connectivity index (χ3v) is 6.19. The van der Waals surface area contributed by atoms with Crippen molar-refractivity contribution < 1.29 is 22.4 Å². The molecule has 0 aliphatic carbocycles. The SMILES string of the molecule is C/C=C(/C)c1c(N2CCC(n3nc(C(F)(F)F)c(Cl)c3C)C2=O)cnn1-c1ccc(F)cc1. The van der Waals surface area contributed by atoms with Crippen molar-refractivity contribution in [3.05, 3.63) is 64.5 Å². The van der Waals surface area contributed by atoms with Crippen LogP contribution in [0, 0.1) is 12.7 Å². The van der Waals surface area contributed by atoms with Gasteiger partial charge in [0.1, 0.15) is 11.9 Å². The molecule has 2 aromatic heterocycles. The summed E-state index contributed by atoms with van der Waals surface area (Å²) >= 11 is 5.87. The third-order valence-electron chi connectivity index (χ3n) is 5.74. The van der Waals surface area contributed by atoms with Crippen molar-refractivity contribution in [1.29, 1.82) is 0 Å². The van der Waals surface area contributed by atoms with E-state index in [1.807, 2.05) is 19.9 Å². The summed E-state index contributed by atoms with van der Waals surface area (Å²) in [6, 6.07) is 4.84. The third kappa shape index (κ3) is 3.92. The number of anilines is 1. The van der Waals surface area contributed by atoms with E-state index in [9.17, 15) is 22.4 Å². The van der Waals surface area contributed by atoms with Crippen molar-refractivity contribution in [3.63, 3.8) is 0 Å². The zero-order chi connectivity index (χ0) is 24.1. The summed E-state index contributed by atoms with van der Waals surface area (Å²) in [6.07, 6.45) is -1.09. The van der Waals surface area contributed by atoms with Gasteiger partial charge in [-0.05, 0) is 57.0 Å². The number of hydrogen-bond donors (Lipinski definition) is 0. The molecule has 1 saturated heterocycles. The predicted molar refractivity (Wildman–Crippen MR) is 116 cm³/mol. The highest BCUT2D eigenvalue weighted by atomic mass is 35.5. The van der Waals surface area contributed by atoms with Gasteiger partial charge >= 0.3 is 6.18 Å². The molecule has 1 fully saturated rings. The molecule has 1 aromatic carbocycles. The van der Waals surface area contributed by atoms with E-state index in [0.717, 1.165) is 10.3 Å². The first-order valence-electron chi connectivity index (χ1n) is 10.1. The lowest BCUT2D eigenvalue weighted by atomic mass is 10.1. The molecule has 0 saturated carbocycles. The Morgan fingerprint density at radius 1 is 1.24 bits per heavy atom. The number of carbonyl (C=O) groups is 1. The molecule has 3 heterocycles. The highest BCUT2D eigenvalue weighted by molar-refractivity contribution is 6.32. The molecule has 3 aromatic rings. The minimum absolute atomic E-state index is 0.0797. The molecule has 1 atom stereocenters. The van der Waals surface area contributed by atoms with Crippen LogP contribution in [0.15, 0.2) is 36.5 Å². The van der Waals surface area contributed by atoms with E-state index >= 15 is 0 Å². The van der Waals surface area contributed by atoms with Gasteiger partial charge in [0.15, 0.2) is 5.69 Å². The molecule has 1 unspecified atom stereocenters. The Morgan fingerprint density at radius 3 is 2.48 bits per heavy atom. The molecule has 11 heteroatoms. The molecular weight excluding hydrogens is 462 g/mol. The van der Waals surface area contributed by atoms with Crippen LogP contribution in [0.4, 0.5) is 23.2 Å². The number of amides is 1. The van der Waals surface area contributed by atoms with Crippen molar-refractivity contribution in [3.8, 4) is 5.69 Å². The van der Waals surface area contributed by atoms with Crippen molar-refractivity contribution in [2.75, 3.05) is 11.4 Å². The molecule has 4 rings (SSSR count). The summed E-state index contributed by atoms with van der Waals surface area (Å²) in [7, 11) is 0. The number of aromatic nitrogens is 4. The lowest BCUT2D eigenvalue weighted by molar-refractivity contribution is -0.141. The second kappa shape index (κ2) is 8.33. The van der Waals surface area contributed by atoms with Crippen molar-refractivity contribution in [2.45, 2.75) is 39.4 Å². The van der Waals surface area contributed by atoms with Gasteiger partial charge in [-0.3, -0.25) is 9.48 Å². The highest BCUT2D eigenvalue weighted by Crippen LogP contribution is 2.39. The monoisotopic (exact) mass is 481 g/mol. The first kappa shape index (κ1) is 23.0. The van der Waals surface area contributed by atoms with E-state index in [0.29, 0.717) is 17.1 Å². The standard InChI is InChI=1S/C22H20ClF4N5O/c1-4-12(2)19-17(11-28-32(19)15-7-5-14(24)6-8-15)30-10-9-16(21(30)33)31-13(3)18(23)20(29-31)22(25,26)27/h4-8,11,16H,9-10H2,1-3H3/b12-4-. The first-order valence-corrected chi connectivity index (χ1v) is 10.5. The highest BCUT2D eigenvalue weighted by Gasteiger charge is 2.42. The van der Waals surface area contributed by atoms with E-state index in [-0.39, 0.29) is 24.5 Å². The number of allylic oxidation sites excluding steroid dienone is 2. The van der Waals surface area contributed by atoms with E-state index in [1.165, 1.54) is 30.2 Å². The molecule has 0 radical (unpaired) electrons. The van der Waals surface area contributed by atoms with E-state index in [4.69, 9.17) is 11.6 Å². The van der Waals surface area contributed by atoms with Gasteiger partial charge in [0, 0.05) is 6.54 Å². The van der Waals surface area contributed by atoms with Crippen LogP contribution in [0.2, 0.25) is 5.02 Å². The van der Waals surface area contributed by atoms with Crippen molar-refractivity contribution in [1.82, 2.24) is 19.6 Å². The van der Waals surface area contributed by atoms with Crippen LogP contribution in [0.1, 0.15) is 43.4 Å². The van der Waals surface area contributed by atoms with Gasteiger partial charge in [0.25, 0.3) is 5.91 Å². The maximum atomic E-state index is 13.4. The van der Waals surface area contributed by atoms with Gasteiger partial charge in [-0.25, -0.2) is 9.07 Å². The van der Waals surface area contributed by atoms with E-state index in [2.05, 4.69) is 10.2 Å². The minimum Gasteiger partial charge on any atom is -0.307 e. The maximum absolute atomic E-state index is 13.4. The number of halogens is 5. The fourth-order valence-electron chi connectivity index (χ4n) is 3.94. The number of nitrogens with zero attached hydrogens (tertiary/aromatic N) is 5. The molecule has 1 aliphatic rings. The van der Waals surface area contributed by atoms with Gasteiger partial charge < -0.3 is 4.90 Å². The van der Waals surface area contributed by atoms with Crippen molar-refractivity contribution in [2.24, 2.45) is 0 Å². The fraction of sp³-hybridized carbons (Fsp3) is 0.318. The summed E-state index contributed by atoms with van der Waals surface area (Å²) in [6.45, 7) is 5.36. The Kier molecular flexibility index (Phi) is 5.81. The molecule has 6 nitrogen and oxygen atoms in total. The normalized spacial score (nSPS) is 17.3. The second-order valence-electron chi connectivity index (χ2n) is 7.72. The van der Waals surface area contributed by atoms with Gasteiger partial charge in [-0.1, -0.05) is 17.7 Å². The van der Waals surface area contributed by atoms with Gasteiger partial charge in [0.05, 0.1) is 34.0 Å². The molecule has 0 bridgehead atoms. The van der Waals surface area contributed by atoms with Gasteiger partial charge in [-0.2, -0.15) is 23.4 Å². The number of carbonyl (C=O) groups excluding carboxylic acids is 1. The Morgan fingerprint density at radius 2 is 1.91 bits per heavy atom. The zero-order valence-corrected chi connectivity index (χ0v) is 18.7. The van der Waals surface area contributed by atoms with Crippen LogP contribution in [-0.4, -0.2) is 32.0 Å². The van der Waals surface area contributed by atoms with Crippen LogP contribution in [-0.2, 0) is 11.0 Å². The maximum Gasteiger partial charge on any atom is 0.436 e. The summed E-state index contributed by atoms with van der Waals surface area (Å²) in [5.74, 6) is -0.797. The summed E-state index contributed by atoms with van der Waals surface area (Å²) in [5.41, 5.74) is 1.43. The number of rotatable bonds is 4. The summed E-state index contributed by atoms with van der Waals surface area (Å²) < 4.78 is 55.8. The minimum atomic E-state index is -4.72. The smallest absolute Gasteiger partial charge is 0.307 e. The molecule has 0 spiro atoms. The Bertz CT molecular complexity index is 1240. The lowest BCUT2D eigenvalue weighted by Crippen LogP contribution is -2.29. The molecular formula is C22H20ClF4N5O. The quantitative estimate of drug-likeness (QED) is 0.456. The average molecular weight is 482 g/mol. The molecule has 1 amide bonds. The predicted octanol–water partition coefficient (Wildman–Crippen LogP) is 5.59. The number of alkyl halides is 3. The first-order chi connectivity index (χ1) is 15.5. The summed E-state index contributed by atoms with van der Waals surface area (Å²) in [5, 5.41) is 7.51. The fourth-order valence-corrected chi connectivity index (χ4v) is 4.17. The summed E-state index contributed by atoms with van der Waals surface area (Å²) in [4.78, 5) is 14.8. The van der Waals surface area contributed by atoms with Crippen LogP contribution < -0.4 is 4.90 Å². The lowest BCUT2D eigenvalue weighted by Gasteiger charge is -2.19. The zero-order valence-electron chi connectivity index (χ0n) is 18.0. The van der Waals surface area contributed by atoms with E-state index in [1.54, 1.807) is 16.8 Å². The van der Waals surface area contributed by atoms with Crippen LogP contribution in [0.5, 0.6) is 0 Å². The topological polar surface area (TPSA) is 56.0 Å². The van der Waals surface area contributed by atoms with Crippen LogP contribution in [0.25, 0.3) is 11.3 Å². The Balaban J connectivity index is 1.74. The Labute approximate surface area is 192 Å². The largest absolute Gasteiger partial charge is 0.436 e. The molecule has 0 N–H and O–H groups in total. The van der Waals surface area contributed by atoms with Gasteiger partial charge in [0.2, 0.25) is 0 Å². The van der Waals surface area contributed by atoms with Crippen LogP contribution in [0.3, 0.4) is 0 Å². The molecule has 33 heavy (non-hydrogen) atoms. The average Bonchev–Trinajstić information content (AvgIpc) is 3.44. The molecule has 174 valence electrons. The van der Waals surface area contributed by atoms with Crippen LogP contribution >= 0.6 is 11.6 Å². The van der Waals surface area contributed by atoms with Crippen molar-refractivity contribution >= 4 is 28.8 Å². The second-order valence-corrected chi connectivity index (χ2v) is 8.10. The van der Waals surface area contributed by atoms with Gasteiger partial charge in [-0.15, -0.1) is 0 Å². The number of hydrogen-bond acceptors (Lipinski definition) is 3.